The highest BCUT2D eigenvalue weighted by Gasteiger charge is 2.24. The van der Waals surface area contributed by atoms with Crippen LogP contribution in [0.15, 0.2) is 48.5 Å². The van der Waals surface area contributed by atoms with Gasteiger partial charge in [0, 0.05) is 17.7 Å². The van der Waals surface area contributed by atoms with Gasteiger partial charge in [-0.2, -0.15) is 0 Å². The van der Waals surface area contributed by atoms with Crippen molar-refractivity contribution in [1.29, 1.82) is 0 Å². The summed E-state index contributed by atoms with van der Waals surface area (Å²) in [6.07, 6.45) is 0.933. The maximum absolute atomic E-state index is 12.5. The lowest BCUT2D eigenvalue weighted by Gasteiger charge is -2.23. The summed E-state index contributed by atoms with van der Waals surface area (Å²) in [6, 6.07) is 11.8. The molecule has 0 aromatic heterocycles. The van der Waals surface area contributed by atoms with Crippen LogP contribution in [0.3, 0.4) is 0 Å². The monoisotopic (exact) mass is 407 g/mol. The topological polar surface area (TPSA) is 119 Å². The van der Waals surface area contributed by atoms with Gasteiger partial charge in [-0.15, -0.1) is 0 Å². The van der Waals surface area contributed by atoms with Gasteiger partial charge in [-0.25, -0.2) is 8.42 Å². The first kappa shape index (κ1) is 21.2. The van der Waals surface area contributed by atoms with E-state index in [1.54, 1.807) is 31.2 Å². The summed E-state index contributed by atoms with van der Waals surface area (Å²) in [7, 11) is -2.33. The van der Waals surface area contributed by atoms with Crippen LogP contribution in [0.4, 0.5) is 11.4 Å². The lowest BCUT2D eigenvalue weighted by molar-refractivity contribution is -0.384. The predicted molar refractivity (Wildman–Crippen MR) is 105 cm³/mol. The molecule has 9 nitrogen and oxygen atoms in total. The Labute approximate surface area is 163 Å². The van der Waals surface area contributed by atoms with Gasteiger partial charge < -0.3 is 10.1 Å². The van der Waals surface area contributed by atoms with Crippen molar-refractivity contribution >= 4 is 27.3 Å². The second kappa shape index (κ2) is 8.70. The van der Waals surface area contributed by atoms with Crippen LogP contribution in [0.2, 0.25) is 0 Å². The van der Waals surface area contributed by atoms with Crippen molar-refractivity contribution in [2.24, 2.45) is 0 Å². The van der Waals surface area contributed by atoms with E-state index in [1.165, 1.54) is 25.3 Å². The molecule has 150 valence electrons. The number of nitrogens with one attached hydrogen (secondary N) is 1. The van der Waals surface area contributed by atoms with E-state index in [0.717, 1.165) is 22.2 Å². The second-order valence-electron chi connectivity index (χ2n) is 6.08. The third-order valence-electron chi connectivity index (χ3n) is 4.00. The maximum Gasteiger partial charge on any atom is 0.271 e. The fraction of sp³-hybridized carbons (Fsp3) is 0.278. The van der Waals surface area contributed by atoms with Crippen molar-refractivity contribution in [3.05, 3.63) is 64.2 Å². The quantitative estimate of drug-likeness (QED) is 0.529. The highest BCUT2D eigenvalue weighted by Crippen LogP contribution is 2.25. The molecule has 0 fully saturated rings. The van der Waals surface area contributed by atoms with Gasteiger partial charge in [-0.3, -0.25) is 19.2 Å². The fourth-order valence-corrected chi connectivity index (χ4v) is 3.53. The van der Waals surface area contributed by atoms with E-state index in [0.29, 0.717) is 5.75 Å². The van der Waals surface area contributed by atoms with Crippen molar-refractivity contribution in [3.8, 4) is 5.75 Å². The zero-order valence-corrected chi connectivity index (χ0v) is 16.5. The normalized spacial score (nSPS) is 12.1. The Kier molecular flexibility index (Phi) is 6.57. The van der Waals surface area contributed by atoms with Crippen LogP contribution >= 0.6 is 0 Å². The summed E-state index contributed by atoms with van der Waals surface area (Å²) < 4.78 is 30.4. The van der Waals surface area contributed by atoms with Gasteiger partial charge in [-0.05, 0) is 19.1 Å². The van der Waals surface area contributed by atoms with Crippen LogP contribution in [-0.4, -0.2) is 39.2 Å². The number of methoxy groups -OCH3 is 1. The Bertz CT molecular complexity index is 977. The van der Waals surface area contributed by atoms with Crippen molar-refractivity contribution in [1.82, 2.24) is 5.32 Å². The Morgan fingerprint density at radius 2 is 1.93 bits per heavy atom. The lowest BCUT2D eigenvalue weighted by Crippen LogP contribution is -2.41. The molecule has 0 spiro atoms. The standard InChI is InChI=1S/C18H21N3O6S/c1-13(16-9-4-5-10-17(16)27-2)19-18(22)12-20(28(3,25)26)14-7-6-8-15(11-14)21(23)24/h4-11,13H,12H2,1-3H3,(H,19,22). The predicted octanol–water partition coefficient (Wildman–Crippen LogP) is 2.25. The number of hydrogen-bond acceptors (Lipinski definition) is 6. The van der Waals surface area contributed by atoms with E-state index in [9.17, 15) is 23.3 Å². The first-order valence-electron chi connectivity index (χ1n) is 8.28. The van der Waals surface area contributed by atoms with Gasteiger partial charge in [0.2, 0.25) is 15.9 Å². The number of ether oxygens (including phenoxy) is 1. The number of hydrogen-bond donors (Lipinski definition) is 1. The summed E-state index contributed by atoms with van der Waals surface area (Å²) in [5.41, 5.74) is 0.505. The van der Waals surface area contributed by atoms with E-state index in [2.05, 4.69) is 5.32 Å². The number of anilines is 1. The number of rotatable bonds is 8. The summed E-state index contributed by atoms with van der Waals surface area (Å²) in [6.45, 7) is 1.23. The SMILES string of the molecule is COc1ccccc1C(C)NC(=O)CN(c1cccc([N+](=O)[O-])c1)S(C)(=O)=O. The fourth-order valence-electron chi connectivity index (χ4n) is 2.68. The molecular formula is C18H21N3O6S. The number of sulfonamides is 1. The van der Waals surface area contributed by atoms with Gasteiger partial charge in [0.05, 0.1) is 30.0 Å². The average molecular weight is 407 g/mol. The maximum atomic E-state index is 12.5. The van der Waals surface area contributed by atoms with Gasteiger partial charge in [-0.1, -0.05) is 24.3 Å². The number of nitro groups is 1. The molecule has 0 radical (unpaired) electrons. The molecule has 1 unspecified atom stereocenters. The van der Waals surface area contributed by atoms with Crippen LogP contribution in [0, 0.1) is 10.1 Å². The van der Waals surface area contributed by atoms with E-state index < -0.39 is 33.4 Å². The highest BCUT2D eigenvalue weighted by atomic mass is 32.2. The molecule has 2 rings (SSSR count). The minimum atomic E-state index is -3.84. The second-order valence-corrected chi connectivity index (χ2v) is 7.98. The molecule has 1 atom stereocenters. The minimum Gasteiger partial charge on any atom is -0.496 e. The number of carbonyl (C=O) groups is 1. The summed E-state index contributed by atoms with van der Waals surface area (Å²) in [5.74, 6) is 0.0318. The van der Waals surface area contributed by atoms with Crippen LogP contribution < -0.4 is 14.4 Å². The molecule has 28 heavy (non-hydrogen) atoms. The zero-order chi connectivity index (χ0) is 20.9. The molecule has 2 aromatic carbocycles. The highest BCUT2D eigenvalue weighted by molar-refractivity contribution is 7.92. The van der Waals surface area contributed by atoms with Crippen molar-refractivity contribution < 1.29 is 22.9 Å². The molecule has 0 saturated carbocycles. The molecule has 0 heterocycles. The summed E-state index contributed by atoms with van der Waals surface area (Å²) in [5, 5.41) is 13.7. The van der Waals surface area contributed by atoms with Crippen molar-refractivity contribution in [3.63, 3.8) is 0 Å². The number of para-hydroxylation sites is 1. The largest absolute Gasteiger partial charge is 0.496 e. The van der Waals surface area contributed by atoms with Crippen LogP contribution in [0.5, 0.6) is 5.75 Å². The van der Waals surface area contributed by atoms with Gasteiger partial charge >= 0.3 is 0 Å². The summed E-state index contributed by atoms with van der Waals surface area (Å²) in [4.78, 5) is 22.8. The van der Waals surface area contributed by atoms with Gasteiger partial charge in [0.15, 0.2) is 0 Å². The van der Waals surface area contributed by atoms with E-state index >= 15 is 0 Å². The molecule has 2 aromatic rings. The molecule has 0 saturated heterocycles. The molecule has 0 aliphatic carbocycles. The van der Waals surface area contributed by atoms with Crippen molar-refractivity contribution in [2.75, 3.05) is 24.2 Å². The average Bonchev–Trinajstić information content (AvgIpc) is 2.65. The van der Waals surface area contributed by atoms with Crippen LogP contribution in [-0.2, 0) is 14.8 Å². The smallest absolute Gasteiger partial charge is 0.271 e. The van der Waals surface area contributed by atoms with Crippen LogP contribution in [0.25, 0.3) is 0 Å². The number of carbonyl (C=O) groups excluding carboxylic acids is 1. The third-order valence-corrected chi connectivity index (χ3v) is 5.14. The molecule has 0 aliphatic heterocycles. The molecule has 1 N–H and O–H groups in total. The Hall–Kier alpha value is -3.14. The molecular weight excluding hydrogens is 386 g/mol. The summed E-state index contributed by atoms with van der Waals surface area (Å²) >= 11 is 0. The van der Waals surface area contributed by atoms with Gasteiger partial charge in [0.1, 0.15) is 12.3 Å². The lowest BCUT2D eigenvalue weighted by atomic mass is 10.1. The van der Waals surface area contributed by atoms with E-state index in [1.807, 2.05) is 0 Å². The Balaban J connectivity index is 2.22. The number of benzene rings is 2. The number of non-ortho nitro benzene ring substituents is 1. The number of nitrogens with zero attached hydrogens (tertiary/aromatic N) is 2. The Morgan fingerprint density at radius 1 is 1.25 bits per heavy atom. The zero-order valence-electron chi connectivity index (χ0n) is 15.7. The van der Waals surface area contributed by atoms with E-state index in [4.69, 9.17) is 4.74 Å². The van der Waals surface area contributed by atoms with Crippen molar-refractivity contribution in [2.45, 2.75) is 13.0 Å². The first-order valence-corrected chi connectivity index (χ1v) is 10.1. The molecule has 0 aliphatic rings. The first-order chi connectivity index (χ1) is 13.1. The molecule has 10 heteroatoms. The number of amides is 1. The molecule has 0 bridgehead atoms. The van der Waals surface area contributed by atoms with Gasteiger partial charge in [0.25, 0.3) is 5.69 Å². The third kappa shape index (κ3) is 5.19. The number of nitro benzene ring substituents is 1. The molecule has 1 amide bonds. The van der Waals surface area contributed by atoms with Crippen LogP contribution in [0.1, 0.15) is 18.5 Å². The Morgan fingerprint density at radius 3 is 2.54 bits per heavy atom. The van der Waals surface area contributed by atoms with E-state index in [-0.39, 0.29) is 11.4 Å². The minimum absolute atomic E-state index is 0.0387.